The van der Waals surface area contributed by atoms with E-state index in [0.29, 0.717) is 22.0 Å². The van der Waals surface area contributed by atoms with Crippen molar-refractivity contribution < 1.29 is 23.4 Å². The largest absolute Gasteiger partial charge is 0.502 e. The van der Waals surface area contributed by atoms with Gasteiger partial charge in [0.2, 0.25) is 5.43 Å². The molecule has 2 aliphatic rings. The molecular weight excluding hydrogens is 500 g/mol. The van der Waals surface area contributed by atoms with E-state index in [4.69, 9.17) is 4.74 Å². The molecule has 0 bridgehead atoms. The molecule has 1 unspecified atom stereocenters. The summed E-state index contributed by atoms with van der Waals surface area (Å²) in [4.78, 5) is 26.7. The van der Waals surface area contributed by atoms with Crippen molar-refractivity contribution in [2.45, 2.75) is 18.6 Å². The molecule has 170 valence electrons. The number of carbonyl (C=O) groups excluding carboxylic acids is 1. The summed E-state index contributed by atoms with van der Waals surface area (Å²) in [6.07, 6.45) is 1.15. The maximum Gasteiger partial charge on any atom is 0.277 e. The second-order valence-corrected chi connectivity index (χ2v) is 8.72. The van der Waals surface area contributed by atoms with Crippen molar-refractivity contribution in [2.75, 3.05) is 18.7 Å². The second kappa shape index (κ2) is 7.87. The Morgan fingerprint density at radius 2 is 1.82 bits per heavy atom. The third-order valence-corrected chi connectivity index (χ3v) is 6.75. The molecule has 0 saturated carbocycles. The number of aromatic nitrogens is 1. The number of amides is 1. The lowest BCUT2D eigenvalue weighted by atomic mass is 9.94. The molecule has 0 spiro atoms. The van der Waals surface area contributed by atoms with Gasteiger partial charge in [0, 0.05) is 41.8 Å². The number of ether oxygens (including phenoxy) is 1. The van der Waals surface area contributed by atoms with Crippen LogP contribution in [-0.4, -0.2) is 40.4 Å². The highest BCUT2D eigenvalue weighted by atomic mass is 79.9. The Kier molecular flexibility index (Phi) is 5.12. The minimum absolute atomic E-state index is 0.126. The van der Waals surface area contributed by atoms with Gasteiger partial charge in [-0.05, 0) is 17.7 Å². The quantitative estimate of drug-likeness (QED) is 0.534. The summed E-state index contributed by atoms with van der Waals surface area (Å²) >= 11 is 3.55. The first kappa shape index (κ1) is 21.4. The van der Waals surface area contributed by atoms with Crippen molar-refractivity contribution in [1.82, 2.24) is 9.58 Å². The van der Waals surface area contributed by atoms with Crippen LogP contribution in [0.25, 0.3) is 0 Å². The lowest BCUT2D eigenvalue weighted by Gasteiger charge is -2.50. The van der Waals surface area contributed by atoms with Crippen LogP contribution in [0.5, 0.6) is 11.5 Å². The maximum atomic E-state index is 14.5. The SMILES string of the molecule is CN1C(=O)c2c(O)c(=O)ccn2N2C1CCOc1cc(F)c(F)cc1[C@@H]2c1ccccc1Br. The van der Waals surface area contributed by atoms with Gasteiger partial charge in [-0.25, -0.2) is 8.78 Å². The van der Waals surface area contributed by atoms with E-state index in [1.54, 1.807) is 18.1 Å². The van der Waals surface area contributed by atoms with E-state index in [0.717, 1.165) is 18.2 Å². The highest BCUT2D eigenvalue weighted by molar-refractivity contribution is 9.10. The number of benzene rings is 2. The monoisotopic (exact) mass is 517 g/mol. The van der Waals surface area contributed by atoms with Crippen LogP contribution in [0.2, 0.25) is 0 Å². The zero-order valence-electron chi connectivity index (χ0n) is 17.3. The number of hydrogen-bond donors (Lipinski definition) is 1. The Morgan fingerprint density at radius 1 is 1.09 bits per heavy atom. The lowest BCUT2D eigenvalue weighted by molar-refractivity contribution is 0.0573. The Bertz CT molecular complexity index is 1350. The molecule has 1 aromatic heterocycles. The lowest BCUT2D eigenvalue weighted by Crippen LogP contribution is -2.62. The van der Waals surface area contributed by atoms with Crippen molar-refractivity contribution >= 4 is 21.8 Å². The van der Waals surface area contributed by atoms with Crippen molar-refractivity contribution in [1.29, 1.82) is 0 Å². The minimum Gasteiger partial charge on any atom is -0.502 e. The van der Waals surface area contributed by atoms with Gasteiger partial charge in [-0.1, -0.05) is 34.1 Å². The number of halogens is 3. The molecule has 0 saturated heterocycles. The Balaban J connectivity index is 1.87. The summed E-state index contributed by atoms with van der Waals surface area (Å²) in [5.74, 6) is -3.13. The Hall–Kier alpha value is -3.40. The van der Waals surface area contributed by atoms with E-state index >= 15 is 0 Å². The predicted octanol–water partition coefficient (Wildman–Crippen LogP) is 3.52. The normalized spacial score (nSPS) is 19.7. The Morgan fingerprint density at radius 3 is 2.58 bits per heavy atom. The summed E-state index contributed by atoms with van der Waals surface area (Å²) in [7, 11) is 1.56. The van der Waals surface area contributed by atoms with E-state index in [9.17, 15) is 23.5 Å². The first-order valence-electron chi connectivity index (χ1n) is 10.2. The van der Waals surface area contributed by atoms with E-state index in [2.05, 4.69) is 15.9 Å². The molecule has 0 radical (unpaired) electrons. The summed E-state index contributed by atoms with van der Waals surface area (Å²) in [6, 6.07) is 9.73. The maximum absolute atomic E-state index is 14.5. The number of rotatable bonds is 1. The van der Waals surface area contributed by atoms with Crippen LogP contribution in [0.4, 0.5) is 8.78 Å². The van der Waals surface area contributed by atoms with Gasteiger partial charge in [-0.3, -0.25) is 19.3 Å². The second-order valence-electron chi connectivity index (χ2n) is 7.86. The molecule has 3 aromatic rings. The molecule has 33 heavy (non-hydrogen) atoms. The molecule has 2 aromatic carbocycles. The van der Waals surface area contributed by atoms with Crippen molar-refractivity contribution in [3.05, 3.63) is 91.8 Å². The third-order valence-electron chi connectivity index (χ3n) is 6.02. The molecule has 0 fully saturated rings. The third kappa shape index (κ3) is 3.28. The van der Waals surface area contributed by atoms with Gasteiger partial charge in [0.25, 0.3) is 5.91 Å². The standard InChI is InChI=1S/C23H18BrF2N3O4/c1-27-19-7-9-33-18-11-16(26)15(25)10-13(18)20(12-4-2-3-5-14(12)24)29(19)28-8-6-17(30)22(31)21(28)23(27)32/h2-6,8,10-11,19-20,31H,7,9H2,1H3/t19?,20-/m0/s1. The zero-order valence-corrected chi connectivity index (χ0v) is 18.9. The van der Waals surface area contributed by atoms with Crippen LogP contribution < -0.4 is 15.2 Å². The molecule has 7 nitrogen and oxygen atoms in total. The molecule has 10 heteroatoms. The van der Waals surface area contributed by atoms with Crippen molar-refractivity contribution in [3.8, 4) is 11.5 Å². The fourth-order valence-electron chi connectivity index (χ4n) is 4.46. The van der Waals surface area contributed by atoms with Crippen LogP contribution in [0.1, 0.15) is 34.1 Å². The minimum atomic E-state index is -1.05. The van der Waals surface area contributed by atoms with Gasteiger partial charge in [-0.15, -0.1) is 0 Å². The van der Waals surface area contributed by atoms with Crippen molar-refractivity contribution in [2.24, 2.45) is 0 Å². The van der Waals surface area contributed by atoms with E-state index in [-0.39, 0.29) is 18.1 Å². The first-order chi connectivity index (χ1) is 15.8. The van der Waals surface area contributed by atoms with Gasteiger partial charge >= 0.3 is 0 Å². The van der Waals surface area contributed by atoms with E-state index < -0.39 is 40.9 Å². The number of fused-ring (bicyclic) bond motifs is 4. The van der Waals surface area contributed by atoms with Crippen LogP contribution >= 0.6 is 15.9 Å². The molecule has 1 N–H and O–H groups in total. The molecule has 0 aliphatic carbocycles. The van der Waals surface area contributed by atoms with Crippen LogP contribution in [0.3, 0.4) is 0 Å². The van der Waals surface area contributed by atoms with Gasteiger partial charge < -0.3 is 14.7 Å². The topological polar surface area (TPSA) is 75.0 Å². The smallest absolute Gasteiger partial charge is 0.277 e. The summed E-state index contributed by atoms with van der Waals surface area (Å²) < 4.78 is 36.6. The molecule has 2 atom stereocenters. The summed E-state index contributed by atoms with van der Waals surface area (Å²) in [6.45, 7) is 0.126. The van der Waals surface area contributed by atoms with Gasteiger partial charge in [-0.2, -0.15) is 0 Å². The first-order valence-corrected chi connectivity index (χ1v) is 11.0. The number of hydrogen-bond acceptors (Lipinski definition) is 5. The molecule has 3 heterocycles. The van der Waals surface area contributed by atoms with E-state index in [1.807, 2.05) is 18.2 Å². The molecule has 1 amide bonds. The number of pyridine rings is 1. The summed E-state index contributed by atoms with van der Waals surface area (Å²) in [5.41, 5.74) is 0.122. The van der Waals surface area contributed by atoms with Gasteiger partial charge in [0.05, 0.1) is 6.61 Å². The van der Waals surface area contributed by atoms with Crippen molar-refractivity contribution in [3.63, 3.8) is 0 Å². The average molecular weight is 518 g/mol. The van der Waals surface area contributed by atoms with Crippen LogP contribution in [-0.2, 0) is 0 Å². The molecular formula is C23H18BrF2N3O4. The molecule has 2 aliphatic heterocycles. The van der Waals surface area contributed by atoms with Gasteiger partial charge in [0.15, 0.2) is 23.1 Å². The van der Waals surface area contributed by atoms with E-state index in [1.165, 1.54) is 15.8 Å². The zero-order chi connectivity index (χ0) is 23.4. The fraction of sp³-hybridized carbons (Fsp3) is 0.217. The predicted molar refractivity (Wildman–Crippen MR) is 119 cm³/mol. The average Bonchev–Trinajstić information content (AvgIpc) is 2.78. The van der Waals surface area contributed by atoms with Crippen LogP contribution in [0, 0.1) is 11.6 Å². The fourth-order valence-corrected chi connectivity index (χ4v) is 4.96. The highest BCUT2D eigenvalue weighted by Gasteiger charge is 2.43. The Labute approximate surface area is 195 Å². The van der Waals surface area contributed by atoms with Crippen LogP contribution in [0.15, 0.2) is 57.9 Å². The number of nitrogens with zero attached hydrogens (tertiary/aromatic N) is 3. The molecule has 5 rings (SSSR count). The van der Waals surface area contributed by atoms with Gasteiger partial charge in [0.1, 0.15) is 18.0 Å². The highest BCUT2D eigenvalue weighted by Crippen LogP contribution is 2.43. The summed E-state index contributed by atoms with van der Waals surface area (Å²) in [5, 5.41) is 12.3. The number of aromatic hydroxyl groups is 1. The number of carbonyl (C=O) groups is 1.